The Labute approximate surface area is 89.9 Å². The van der Waals surface area contributed by atoms with Crippen LogP contribution in [0.15, 0.2) is 0 Å². The molecule has 0 amide bonds. The first-order valence-electron chi connectivity index (χ1n) is 5.04. The normalized spacial score (nSPS) is 26.6. The maximum absolute atomic E-state index is 11.6. The first kappa shape index (κ1) is 10.8. The SMILES string of the molecule is CS(=O)(=O)C1(CNC2CSC2)CCC1. The second kappa shape index (κ2) is 3.68. The maximum Gasteiger partial charge on any atom is 0.154 e. The molecular weight excluding hydrogens is 218 g/mol. The molecule has 0 spiro atoms. The summed E-state index contributed by atoms with van der Waals surface area (Å²) >= 11 is 1.92. The van der Waals surface area contributed by atoms with Crippen LogP contribution in [0.5, 0.6) is 0 Å². The lowest BCUT2D eigenvalue weighted by Gasteiger charge is -2.42. The Morgan fingerprint density at radius 3 is 2.36 bits per heavy atom. The van der Waals surface area contributed by atoms with Crippen LogP contribution < -0.4 is 5.32 Å². The van der Waals surface area contributed by atoms with E-state index in [0.717, 1.165) is 30.8 Å². The van der Waals surface area contributed by atoms with Crippen molar-refractivity contribution in [2.75, 3.05) is 24.3 Å². The number of hydrogen-bond acceptors (Lipinski definition) is 4. The molecule has 0 radical (unpaired) electrons. The summed E-state index contributed by atoms with van der Waals surface area (Å²) < 4.78 is 22.8. The summed E-state index contributed by atoms with van der Waals surface area (Å²) in [5, 5.41) is 3.37. The van der Waals surface area contributed by atoms with Gasteiger partial charge in [-0.05, 0) is 12.8 Å². The quantitative estimate of drug-likeness (QED) is 0.777. The minimum Gasteiger partial charge on any atom is -0.311 e. The highest BCUT2D eigenvalue weighted by atomic mass is 32.2. The van der Waals surface area contributed by atoms with Crippen LogP contribution in [0.25, 0.3) is 0 Å². The van der Waals surface area contributed by atoms with E-state index in [-0.39, 0.29) is 0 Å². The first-order chi connectivity index (χ1) is 6.54. The van der Waals surface area contributed by atoms with Crippen LogP contribution in [-0.4, -0.2) is 43.5 Å². The van der Waals surface area contributed by atoms with E-state index >= 15 is 0 Å². The fraction of sp³-hybridized carbons (Fsp3) is 1.00. The third kappa shape index (κ3) is 1.82. The van der Waals surface area contributed by atoms with E-state index in [4.69, 9.17) is 0 Å². The molecule has 0 aromatic heterocycles. The van der Waals surface area contributed by atoms with Crippen molar-refractivity contribution in [3.05, 3.63) is 0 Å². The molecule has 82 valence electrons. The Morgan fingerprint density at radius 1 is 1.43 bits per heavy atom. The lowest BCUT2D eigenvalue weighted by Crippen LogP contribution is -2.55. The molecule has 1 aliphatic heterocycles. The van der Waals surface area contributed by atoms with Gasteiger partial charge in [0.05, 0.1) is 4.75 Å². The van der Waals surface area contributed by atoms with Gasteiger partial charge < -0.3 is 5.32 Å². The number of thioether (sulfide) groups is 1. The Kier molecular flexibility index (Phi) is 2.83. The van der Waals surface area contributed by atoms with Crippen LogP contribution in [-0.2, 0) is 9.84 Å². The van der Waals surface area contributed by atoms with Gasteiger partial charge in [0, 0.05) is 30.3 Å². The second-order valence-corrected chi connectivity index (χ2v) is 7.91. The van der Waals surface area contributed by atoms with Gasteiger partial charge in [-0.15, -0.1) is 0 Å². The minimum absolute atomic E-state index is 0.423. The highest BCUT2D eigenvalue weighted by Gasteiger charge is 2.46. The Balaban J connectivity index is 1.92. The molecule has 2 rings (SSSR count). The predicted octanol–water partition coefficient (Wildman–Crippen LogP) is 0.659. The molecule has 0 atom stereocenters. The van der Waals surface area contributed by atoms with E-state index in [1.165, 1.54) is 6.26 Å². The molecule has 1 N–H and O–H groups in total. The molecule has 0 bridgehead atoms. The highest BCUT2D eigenvalue weighted by Crippen LogP contribution is 2.38. The van der Waals surface area contributed by atoms with Crippen molar-refractivity contribution in [3.63, 3.8) is 0 Å². The molecule has 5 heteroatoms. The molecule has 1 aliphatic carbocycles. The molecule has 3 nitrogen and oxygen atoms in total. The summed E-state index contributed by atoms with van der Waals surface area (Å²) in [5.41, 5.74) is 0. The second-order valence-electron chi connectivity index (χ2n) is 4.42. The topological polar surface area (TPSA) is 46.2 Å². The van der Waals surface area contributed by atoms with Crippen molar-refractivity contribution >= 4 is 21.6 Å². The number of sulfone groups is 1. The summed E-state index contributed by atoms with van der Waals surface area (Å²) in [7, 11) is -2.88. The summed E-state index contributed by atoms with van der Waals surface area (Å²) in [6, 6.07) is 0.555. The van der Waals surface area contributed by atoms with E-state index < -0.39 is 14.6 Å². The molecule has 0 aromatic carbocycles. The van der Waals surface area contributed by atoms with E-state index in [0.29, 0.717) is 12.6 Å². The standard InChI is InChI=1S/C9H17NO2S2/c1-14(11,12)9(3-2-4-9)7-10-8-5-13-6-8/h8,10H,2-7H2,1H3. The summed E-state index contributed by atoms with van der Waals surface area (Å²) in [6.07, 6.45) is 4.13. The van der Waals surface area contributed by atoms with E-state index in [1.807, 2.05) is 11.8 Å². The highest BCUT2D eigenvalue weighted by molar-refractivity contribution is 8.00. The molecule has 0 unspecified atom stereocenters. The maximum atomic E-state index is 11.6. The van der Waals surface area contributed by atoms with Crippen molar-refractivity contribution in [2.45, 2.75) is 30.1 Å². The van der Waals surface area contributed by atoms with E-state index in [9.17, 15) is 8.42 Å². The molecule has 1 saturated carbocycles. The number of rotatable bonds is 4. The molecule has 1 heterocycles. The molecule has 2 fully saturated rings. The van der Waals surface area contributed by atoms with Gasteiger partial charge in [-0.25, -0.2) is 8.42 Å². The fourth-order valence-corrected chi connectivity index (χ4v) is 4.02. The van der Waals surface area contributed by atoms with Crippen molar-refractivity contribution in [1.82, 2.24) is 5.32 Å². The zero-order chi connectivity index (χ0) is 10.2. The first-order valence-corrected chi connectivity index (χ1v) is 8.09. The van der Waals surface area contributed by atoms with E-state index in [1.54, 1.807) is 0 Å². The van der Waals surface area contributed by atoms with E-state index in [2.05, 4.69) is 5.32 Å². The van der Waals surface area contributed by atoms with Gasteiger partial charge in [-0.1, -0.05) is 6.42 Å². The van der Waals surface area contributed by atoms with Crippen LogP contribution in [0.2, 0.25) is 0 Å². The van der Waals surface area contributed by atoms with Gasteiger partial charge in [0.1, 0.15) is 0 Å². The molecular formula is C9H17NO2S2. The average molecular weight is 235 g/mol. The van der Waals surface area contributed by atoms with Crippen LogP contribution in [0.3, 0.4) is 0 Å². The molecule has 0 aromatic rings. The average Bonchev–Trinajstić information content (AvgIpc) is 1.87. The minimum atomic E-state index is -2.88. The van der Waals surface area contributed by atoms with Crippen LogP contribution in [0.4, 0.5) is 0 Å². The van der Waals surface area contributed by atoms with Gasteiger partial charge in [-0.2, -0.15) is 11.8 Å². The molecule has 14 heavy (non-hydrogen) atoms. The predicted molar refractivity (Wildman–Crippen MR) is 60.5 cm³/mol. The van der Waals surface area contributed by atoms with Crippen molar-refractivity contribution in [3.8, 4) is 0 Å². The molecule has 1 saturated heterocycles. The number of hydrogen-bond donors (Lipinski definition) is 1. The Hall–Kier alpha value is 0.260. The van der Waals surface area contributed by atoms with Gasteiger partial charge in [0.2, 0.25) is 0 Å². The zero-order valence-electron chi connectivity index (χ0n) is 8.45. The van der Waals surface area contributed by atoms with Gasteiger partial charge in [0.25, 0.3) is 0 Å². The smallest absolute Gasteiger partial charge is 0.154 e. The Morgan fingerprint density at radius 2 is 2.07 bits per heavy atom. The fourth-order valence-electron chi connectivity index (χ4n) is 1.93. The summed E-state index contributed by atoms with van der Waals surface area (Å²) in [5.74, 6) is 2.28. The third-order valence-corrected chi connectivity index (χ3v) is 6.80. The van der Waals surface area contributed by atoms with Gasteiger partial charge in [-0.3, -0.25) is 0 Å². The summed E-state index contributed by atoms with van der Waals surface area (Å²) in [4.78, 5) is 0. The van der Waals surface area contributed by atoms with Crippen LogP contribution in [0, 0.1) is 0 Å². The molecule has 2 aliphatic rings. The van der Waals surface area contributed by atoms with Crippen molar-refractivity contribution < 1.29 is 8.42 Å². The van der Waals surface area contributed by atoms with Crippen molar-refractivity contribution in [1.29, 1.82) is 0 Å². The number of nitrogens with one attached hydrogen (secondary N) is 1. The third-order valence-electron chi connectivity index (χ3n) is 3.40. The van der Waals surface area contributed by atoms with Crippen LogP contribution in [0.1, 0.15) is 19.3 Å². The lowest BCUT2D eigenvalue weighted by atomic mass is 9.84. The van der Waals surface area contributed by atoms with Gasteiger partial charge in [0.15, 0.2) is 9.84 Å². The lowest BCUT2D eigenvalue weighted by molar-refractivity contribution is 0.315. The van der Waals surface area contributed by atoms with Crippen LogP contribution >= 0.6 is 11.8 Å². The zero-order valence-corrected chi connectivity index (χ0v) is 10.1. The largest absolute Gasteiger partial charge is 0.311 e. The summed E-state index contributed by atoms with van der Waals surface area (Å²) in [6.45, 7) is 0.664. The Bertz CT molecular complexity index is 305. The van der Waals surface area contributed by atoms with Crippen molar-refractivity contribution in [2.24, 2.45) is 0 Å². The van der Waals surface area contributed by atoms with Gasteiger partial charge >= 0.3 is 0 Å². The monoisotopic (exact) mass is 235 g/mol.